The molecule has 134 valence electrons. The average molecular weight is 385 g/mol. The van der Waals surface area contributed by atoms with Crippen molar-refractivity contribution in [3.05, 3.63) is 50.1 Å². The average Bonchev–Trinajstić information content (AvgIpc) is 3.19. The molecule has 2 fully saturated rings. The summed E-state index contributed by atoms with van der Waals surface area (Å²) in [6.45, 7) is 3.41. The van der Waals surface area contributed by atoms with E-state index in [1.165, 1.54) is 0 Å². The quantitative estimate of drug-likeness (QED) is 0.575. The molecule has 1 aromatic carbocycles. The van der Waals surface area contributed by atoms with E-state index in [0.717, 1.165) is 13.0 Å². The van der Waals surface area contributed by atoms with Gasteiger partial charge in [0.2, 0.25) is 0 Å². The van der Waals surface area contributed by atoms with Crippen LogP contribution < -0.4 is 0 Å². The van der Waals surface area contributed by atoms with Gasteiger partial charge in [-0.2, -0.15) is 0 Å². The minimum atomic E-state index is -0.665. The van der Waals surface area contributed by atoms with Gasteiger partial charge in [0, 0.05) is 54.0 Å². The Morgan fingerprint density at radius 3 is 2.76 bits per heavy atom. The molecule has 0 N–H and O–H groups in total. The van der Waals surface area contributed by atoms with Crippen molar-refractivity contribution >= 4 is 35.2 Å². The zero-order valence-corrected chi connectivity index (χ0v) is 15.0. The lowest BCUT2D eigenvalue weighted by Crippen LogP contribution is -2.35. The summed E-state index contributed by atoms with van der Waals surface area (Å²) in [5.41, 5.74) is 0.675. The van der Waals surface area contributed by atoms with Crippen LogP contribution in [-0.2, 0) is 4.74 Å². The first-order valence-corrected chi connectivity index (χ1v) is 8.74. The highest BCUT2D eigenvalue weighted by atomic mass is 35.5. The highest BCUT2D eigenvalue weighted by Gasteiger charge is 2.31. The van der Waals surface area contributed by atoms with Gasteiger partial charge in [0.15, 0.2) is 5.03 Å². The van der Waals surface area contributed by atoms with E-state index < -0.39 is 5.03 Å². The van der Waals surface area contributed by atoms with E-state index in [-0.39, 0.29) is 0 Å². The van der Waals surface area contributed by atoms with Crippen molar-refractivity contribution in [3.8, 4) is 0 Å². The largest absolute Gasteiger partial charge is 0.381 e. The summed E-state index contributed by atoms with van der Waals surface area (Å²) in [5.74, 6) is 0.704. The monoisotopic (exact) mass is 384 g/mol. The molecular formula is C16H18Cl2N4O3. The Labute approximate surface area is 155 Å². The minimum absolute atomic E-state index is 0.330. The Bertz CT molecular complexity index is 684. The van der Waals surface area contributed by atoms with E-state index in [1.54, 1.807) is 35.4 Å². The number of guanidine groups is 1. The fourth-order valence-corrected chi connectivity index (χ4v) is 3.51. The molecule has 0 spiro atoms. The van der Waals surface area contributed by atoms with Crippen molar-refractivity contribution in [3.63, 3.8) is 0 Å². The van der Waals surface area contributed by atoms with E-state index >= 15 is 0 Å². The molecule has 3 rings (SSSR count). The number of nitro groups is 1. The topological polar surface area (TPSA) is 71.2 Å². The number of nitrogens with zero attached hydrogens (tertiary/aromatic N) is 4. The Morgan fingerprint density at radius 2 is 2.12 bits per heavy atom. The van der Waals surface area contributed by atoms with Gasteiger partial charge in [-0.15, -0.1) is 0 Å². The number of hydrogen-bond donors (Lipinski definition) is 0. The molecule has 25 heavy (non-hydrogen) atoms. The van der Waals surface area contributed by atoms with Crippen LogP contribution in [-0.4, -0.2) is 53.6 Å². The first-order valence-electron chi connectivity index (χ1n) is 7.99. The molecule has 9 heteroatoms. The van der Waals surface area contributed by atoms with Crippen molar-refractivity contribution < 1.29 is 9.77 Å². The van der Waals surface area contributed by atoms with E-state index in [4.69, 9.17) is 27.9 Å². The van der Waals surface area contributed by atoms with E-state index in [0.29, 0.717) is 53.7 Å². The molecule has 2 saturated heterocycles. The molecule has 2 aliphatic heterocycles. The Hall–Kier alpha value is -1.83. The number of halogens is 2. The summed E-state index contributed by atoms with van der Waals surface area (Å²) >= 11 is 12.3. The molecule has 0 aliphatic carbocycles. The van der Waals surface area contributed by atoms with Gasteiger partial charge in [0.25, 0.3) is 5.96 Å². The SMILES string of the molecule is O=[N+]([O-])N=C1N(C=Cc2c(Cl)cccc2Cl)CCN1CC1CCOC1. The van der Waals surface area contributed by atoms with E-state index in [1.807, 2.05) is 4.90 Å². The number of benzene rings is 1. The van der Waals surface area contributed by atoms with Gasteiger partial charge < -0.3 is 14.5 Å². The van der Waals surface area contributed by atoms with Crippen LogP contribution in [0.25, 0.3) is 6.08 Å². The summed E-state index contributed by atoms with van der Waals surface area (Å²) in [4.78, 5) is 14.6. The first kappa shape index (κ1) is 18.0. The second-order valence-electron chi connectivity index (χ2n) is 5.96. The van der Waals surface area contributed by atoms with Crippen LogP contribution in [0, 0.1) is 16.0 Å². The van der Waals surface area contributed by atoms with E-state index in [2.05, 4.69) is 5.10 Å². The van der Waals surface area contributed by atoms with Gasteiger partial charge in [-0.05, 0) is 24.6 Å². The highest BCUT2D eigenvalue weighted by Crippen LogP contribution is 2.26. The van der Waals surface area contributed by atoms with Crippen molar-refractivity contribution in [1.29, 1.82) is 0 Å². The lowest BCUT2D eigenvalue weighted by Gasteiger charge is -2.21. The standard InChI is InChI=1S/C16H18Cl2N4O3/c17-14-2-1-3-15(18)13(14)4-6-20-7-8-21(16(20)19-22(23)24)10-12-5-9-25-11-12/h1-4,6,12H,5,7-11H2. The zero-order chi connectivity index (χ0) is 17.8. The molecule has 1 unspecified atom stereocenters. The first-order chi connectivity index (χ1) is 12.0. The lowest BCUT2D eigenvalue weighted by atomic mass is 10.1. The van der Waals surface area contributed by atoms with Crippen molar-refractivity contribution in [2.45, 2.75) is 6.42 Å². The van der Waals surface area contributed by atoms with Crippen LogP contribution >= 0.6 is 23.2 Å². The maximum atomic E-state index is 10.9. The van der Waals surface area contributed by atoms with Crippen LogP contribution in [0.1, 0.15) is 12.0 Å². The molecule has 0 amide bonds. The molecule has 0 bridgehead atoms. The summed E-state index contributed by atoms with van der Waals surface area (Å²) in [6, 6.07) is 5.26. The van der Waals surface area contributed by atoms with Crippen LogP contribution in [0.2, 0.25) is 10.0 Å². The molecule has 1 atom stereocenters. The minimum Gasteiger partial charge on any atom is -0.381 e. The molecule has 0 radical (unpaired) electrons. The highest BCUT2D eigenvalue weighted by molar-refractivity contribution is 6.37. The molecule has 7 nitrogen and oxygen atoms in total. The molecular weight excluding hydrogens is 367 g/mol. The van der Waals surface area contributed by atoms with Crippen molar-refractivity contribution in [2.75, 3.05) is 32.8 Å². The van der Waals surface area contributed by atoms with Gasteiger partial charge in [-0.25, -0.2) is 10.1 Å². The fraction of sp³-hybridized carbons (Fsp3) is 0.438. The van der Waals surface area contributed by atoms with Crippen LogP contribution in [0.4, 0.5) is 0 Å². The maximum absolute atomic E-state index is 10.9. The Balaban J connectivity index is 1.78. The molecule has 0 saturated carbocycles. The Morgan fingerprint density at radius 1 is 1.36 bits per heavy atom. The van der Waals surface area contributed by atoms with Crippen LogP contribution in [0.3, 0.4) is 0 Å². The predicted octanol–water partition coefficient (Wildman–Crippen LogP) is 3.17. The van der Waals surface area contributed by atoms with Gasteiger partial charge in [0.1, 0.15) is 5.10 Å². The third kappa shape index (κ3) is 4.42. The van der Waals surface area contributed by atoms with Gasteiger partial charge in [0.05, 0.1) is 6.61 Å². The number of ether oxygens (including phenoxy) is 1. The van der Waals surface area contributed by atoms with Gasteiger partial charge in [-0.3, -0.25) is 0 Å². The zero-order valence-electron chi connectivity index (χ0n) is 13.5. The van der Waals surface area contributed by atoms with Crippen LogP contribution in [0.15, 0.2) is 29.5 Å². The molecule has 2 aliphatic rings. The third-order valence-electron chi connectivity index (χ3n) is 4.25. The lowest BCUT2D eigenvalue weighted by molar-refractivity contribution is -0.486. The second-order valence-corrected chi connectivity index (χ2v) is 6.77. The molecule has 1 aromatic rings. The summed E-state index contributed by atoms with van der Waals surface area (Å²) in [6.07, 6.45) is 4.45. The summed E-state index contributed by atoms with van der Waals surface area (Å²) in [7, 11) is 0. The fourth-order valence-electron chi connectivity index (χ4n) is 2.99. The molecule has 2 heterocycles. The number of rotatable bonds is 5. The summed E-state index contributed by atoms with van der Waals surface area (Å²) < 4.78 is 5.38. The summed E-state index contributed by atoms with van der Waals surface area (Å²) in [5, 5.41) is 14.9. The molecule has 0 aromatic heterocycles. The van der Waals surface area contributed by atoms with Gasteiger partial charge >= 0.3 is 0 Å². The van der Waals surface area contributed by atoms with E-state index in [9.17, 15) is 10.1 Å². The van der Waals surface area contributed by atoms with Crippen molar-refractivity contribution in [1.82, 2.24) is 9.80 Å². The normalized spacial score (nSPS) is 22.5. The third-order valence-corrected chi connectivity index (χ3v) is 4.90. The van der Waals surface area contributed by atoms with Crippen LogP contribution in [0.5, 0.6) is 0 Å². The smallest absolute Gasteiger partial charge is 0.278 e. The second kappa shape index (κ2) is 8.03. The number of hydrogen-bond acceptors (Lipinski definition) is 3. The Kier molecular flexibility index (Phi) is 5.78. The van der Waals surface area contributed by atoms with Crippen molar-refractivity contribution in [2.24, 2.45) is 11.0 Å². The van der Waals surface area contributed by atoms with Gasteiger partial charge in [-0.1, -0.05) is 29.3 Å². The predicted molar refractivity (Wildman–Crippen MR) is 97.1 cm³/mol. The maximum Gasteiger partial charge on any atom is 0.278 e. The number of hydrazone groups is 1.